The standard InChI is InChI=1S/C59H62N2O/c1-56(2,3)42-26-27-46(48(34-42)38-22-17-14-18-23-38)52-47-25-19-24-45(53(47)61-54(52)49-35-44(58(7,8)9)36-50(55(49)62)59(10,11)12)40-30-41(32-43(31-40)57(4,5)6)51-33-39(28-29-60-51)37-20-15-13-16-21-37/h13-36,52,62H,1-12H3. The molecule has 62 heavy (non-hydrogen) atoms. The Morgan fingerprint density at radius 3 is 1.65 bits per heavy atom. The Labute approximate surface area is 370 Å². The van der Waals surface area contributed by atoms with Crippen molar-refractivity contribution in [1.82, 2.24) is 4.98 Å². The number of aliphatic imine (C=N–C) groups is 1. The van der Waals surface area contributed by atoms with Crippen LogP contribution in [0.4, 0.5) is 5.69 Å². The van der Waals surface area contributed by atoms with Crippen LogP contribution in [0.2, 0.25) is 0 Å². The Hall–Kier alpha value is -6.06. The molecule has 1 N–H and O–H groups in total. The number of phenols is 1. The molecule has 0 spiro atoms. The van der Waals surface area contributed by atoms with Gasteiger partial charge in [0.15, 0.2) is 0 Å². The topological polar surface area (TPSA) is 45.5 Å². The zero-order valence-corrected chi connectivity index (χ0v) is 38.8. The van der Waals surface area contributed by atoms with E-state index >= 15 is 0 Å². The lowest BCUT2D eigenvalue weighted by Crippen LogP contribution is -2.20. The average molecular weight is 815 g/mol. The van der Waals surface area contributed by atoms with Gasteiger partial charge < -0.3 is 5.11 Å². The first-order valence-electron chi connectivity index (χ1n) is 22.2. The molecule has 0 fully saturated rings. The summed E-state index contributed by atoms with van der Waals surface area (Å²) in [6.45, 7) is 26.9. The highest BCUT2D eigenvalue weighted by molar-refractivity contribution is 6.15. The van der Waals surface area contributed by atoms with E-state index in [-0.39, 0.29) is 27.6 Å². The first-order valence-corrected chi connectivity index (χ1v) is 22.2. The summed E-state index contributed by atoms with van der Waals surface area (Å²) in [7, 11) is 0. The fourth-order valence-corrected chi connectivity index (χ4v) is 8.75. The summed E-state index contributed by atoms with van der Waals surface area (Å²) in [5.41, 5.74) is 17.6. The maximum absolute atomic E-state index is 12.5. The van der Waals surface area contributed by atoms with Crippen LogP contribution in [-0.4, -0.2) is 15.8 Å². The third-order valence-corrected chi connectivity index (χ3v) is 12.5. The highest BCUT2D eigenvalue weighted by Gasteiger charge is 2.37. The van der Waals surface area contributed by atoms with Crippen molar-refractivity contribution in [3.63, 3.8) is 0 Å². The minimum Gasteiger partial charge on any atom is -0.507 e. The lowest BCUT2D eigenvalue weighted by atomic mass is 9.75. The van der Waals surface area contributed by atoms with Crippen molar-refractivity contribution in [2.75, 3.05) is 0 Å². The van der Waals surface area contributed by atoms with Crippen molar-refractivity contribution in [3.8, 4) is 50.4 Å². The summed E-state index contributed by atoms with van der Waals surface area (Å²) in [5, 5.41) is 12.5. The number of aromatic nitrogens is 1. The molecular formula is C59H62N2O. The van der Waals surface area contributed by atoms with Gasteiger partial charge in [0.25, 0.3) is 0 Å². The molecular weight excluding hydrogens is 753 g/mol. The van der Waals surface area contributed by atoms with E-state index < -0.39 is 0 Å². The van der Waals surface area contributed by atoms with E-state index in [1.807, 2.05) is 6.20 Å². The van der Waals surface area contributed by atoms with Crippen LogP contribution in [0.1, 0.15) is 128 Å². The largest absolute Gasteiger partial charge is 0.507 e. The molecule has 1 unspecified atom stereocenters. The monoisotopic (exact) mass is 814 g/mol. The molecule has 314 valence electrons. The van der Waals surface area contributed by atoms with Gasteiger partial charge in [-0.3, -0.25) is 9.98 Å². The molecule has 1 aliphatic rings. The van der Waals surface area contributed by atoms with Gasteiger partial charge in [0.1, 0.15) is 5.75 Å². The molecule has 2 heterocycles. The van der Waals surface area contributed by atoms with Gasteiger partial charge in [-0.25, -0.2) is 0 Å². The predicted octanol–water partition coefficient (Wildman–Crippen LogP) is 15.9. The number of fused-ring (bicyclic) bond motifs is 1. The van der Waals surface area contributed by atoms with Crippen molar-refractivity contribution < 1.29 is 5.11 Å². The Morgan fingerprint density at radius 1 is 0.419 bits per heavy atom. The van der Waals surface area contributed by atoms with Crippen LogP contribution in [0.25, 0.3) is 44.6 Å². The second-order valence-corrected chi connectivity index (χ2v) is 21.4. The van der Waals surface area contributed by atoms with Crippen LogP contribution >= 0.6 is 0 Å². The molecule has 8 rings (SSSR count). The van der Waals surface area contributed by atoms with Crippen molar-refractivity contribution in [2.45, 2.75) is 111 Å². The number of nitrogens with zero attached hydrogens (tertiary/aromatic N) is 2. The van der Waals surface area contributed by atoms with Gasteiger partial charge in [-0.2, -0.15) is 0 Å². The molecule has 0 saturated carbocycles. The Kier molecular flexibility index (Phi) is 10.8. The lowest BCUT2D eigenvalue weighted by molar-refractivity contribution is 0.443. The molecule has 1 aliphatic heterocycles. The second kappa shape index (κ2) is 15.7. The summed E-state index contributed by atoms with van der Waals surface area (Å²) in [6, 6.07) is 50.5. The highest BCUT2D eigenvalue weighted by Crippen LogP contribution is 2.52. The average Bonchev–Trinajstić information content (AvgIpc) is 3.62. The number of aromatic hydroxyl groups is 1. The van der Waals surface area contributed by atoms with E-state index in [0.29, 0.717) is 5.75 Å². The third kappa shape index (κ3) is 8.30. The van der Waals surface area contributed by atoms with E-state index in [0.717, 1.165) is 67.2 Å². The van der Waals surface area contributed by atoms with Crippen LogP contribution < -0.4 is 0 Å². The molecule has 0 saturated heterocycles. The summed E-state index contributed by atoms with van der Waals surface area (Å²) in [6.07, 6.45) is 1.92. The smallest absolute Gasteiger partial charge is 0.128 e. The number of phenolic OH excluding ortho intramolecular Hbond substituents is 1. The molecule has 0 radical (unpaired) electrons. The van der Waals surface area contributed by atoms with Crippen molar-refractivity contribution >= 4 is 11.4 Å². The van der Waals surface area contributed by atoms with Crippen LogP contribution in [-0.2, 0) is 21.7 Å². The van der Waals surface area contributed by atoms with E-state index in [1.165, 1.54) is 27.8 Å². The minimum atomic E-state index is -0.300. The predicted molar refractivity (Wildman–Crippen MR) is 263 cm³/mol. The Balaban J connectivity index is 1.42. The molecule has 7 aromatic rings. The Morgan fingerprint density at radius 2 is 1.02 bits per heavy atom. The van der Waals surface area contributed by atoms with Gasteiger partial charge in [-0.1, -0.05) is 192 Å². The van der Waals surface area contributed by atoms with Crippen molar-refractivity contribution in [1.29, 1.82) is 0 Å². The molecule has 0 amide bonds. The van der Waals surface area contributed by atoms with Crippen LogP contribution in [0.5, 0.6) is 5.75 Å². The quantitative estimate of drug-likeness (QED) is 0.182. The molecule has 0 aliphatic carbocycles. The number of benzene rings is 6. The van der Waals surface area contributed by atoms with Crippen LogP contribution in [0.15, 0.2) is 151 Å². The van der Waals surface area contributed by atoms with Crippen molar-refractivity contribution in [2.24, 2.45) is 4.99 Å². The zero-order chi connectivity index (χ0) is 44.4. The summed E-state index contributed by atoms with van der Waals surface area (Å²) in [5.74, 6) is 0.0511. The zero-order valence-electron chi connectivity index (χ0n) is 38.8. The number of hydrogen-bond acceptors (Lipinski definition) is 3. The summed E-state index contributed by atoms with van der Waals surface area (Å²) < 4.78 is 0. The molecule has 3 heteroatoms. The van der Waals surface area contributed by atoms with Gasteiger partial charge in [0.2, 0.25) is 0 Å². The van der Waals surface area contributed by atoms with Gasteiger partial charge >= 0.3 is 0 Å². The molecule has 1 aromatic heterocycles. The number of rotatable bonds is 6. The summed E-state index contributed by atoms with van der Waals surface area (Å²) >= 11 is 0. The molecule has 0 bridgehead atoms. The van der Waals surface area contributed by atoms with E-state index in [2.05, 4.69) is 223 Å². The fraction of sp³-hybridized carbons (Fsp3) is 0.288. The first-order chi connectivity index (χ1) is 29.2. The number of pyridine rings is 1. The van der Waals surface area contributed by atoms with E-state index in [1.54, 1.807) is 0 Å². The van der Waals surface area contributed by atoms with Crippen LogP contribution in [0.3, 0.4) is 0 Å². The normalized spacial score (nSPS) is 14.5. The molecule has 3 nitrogen and oxygen atoms in total. The van der Waals surface area contributed by atoms with Crippen LogP contribution in [0, 0.1) is 0 Å². The van der Waals surface area contributed by atoms with Gasteiger partial charge in [-0.15, -0.1) is 0 Å². The van der Waals surface area contributed by atoms with E-state index in [4.69, 9.17) is 9.98 Å². The lowest BCUT2D eigenvalue weighted by Gasteiger charge is -2.29. The highest BCUT2D eigenvalue weighted by atomic mass is 16.3. The fourth-order valence-electron chi connectivity index (χ4n) is 8.75. The van der Waals surface area contributed by atoms with Gasteiger partial charge in [0.05, 0.1) is 23.0 Å². The second-order valence-electron chi connectivity index (χ2n) is 21.4. The maximum atomic E-state index is 12.5. The Bertz CT molecular complexity index is 2820. The molecule has 1 atom stereocenters. The first kappa shape index (κ1) is 42.6. The number of para-hydroxylation sites is 1. The maximum Gasteiger partial charge on any atom is 0.128 e. The summed E-state index contributed by atoms with van der Waals surface area (Å²) in [4.78, 5) is 10.7. The number of hydrogen-bond donors (Lipinski definition) is 1. The van der Waals surface area contributed by atoms with Crippen molar-refractivity contribution in [3.05, 3.63) is 185 Å². The van der Waals surface area contributed by atoms with Gasteiger partial charge in [-0.05, 0) is 108 Å². The SMILES string of the molecule is CC(C)(C)c1cc(-c2cc(-c3ccccc3)ccn2)cc(-c2cccc3c2N=C(c2cc(C(C)(C)C)cc(C(C)(C)C)c2O)C3c2ccc(C(C)(C)C)cc2-c2ccccc2)c1. The van der Waals surface area contributed by atoms with Gasteiger partial charge in [0, 0.05) is 28.5 Å². The minimum absolute atomic E-state index is 0.0497. The van der Waals surface area contributed by atoms with E-state index in [9.17, 15) is 5.11 Å². The third-order valence-electron chi connectivity index (χ3n) is 12.5. The molecule has 6 aromatic carbocycles.